The Morgan fingerprint density at radius 2 is 1.48 bits per heavy atom. The first-order chi connectivity index (χ1) is 12.9. The lowest BCUT2D eigenvalue weighted by Gasteiger charge is -2.23. The Bertz CT molecular complexity index is 649. The van der Waals surface area contributed by atoms with Crippen molar-refractivity contribution in [2.75, 3.05) is 47.5 Å². The van der Waals surface area contributed by atoms with Crippen molar-refractivity contribution in [1.29, 1.82) is 0 Å². The highest BCUT2D eigenvalue weighted by Gasteiger charge is 2.25. The summed E-state index contributed by atoms with van der Waals surface area (Å²) in [6.07, 6.45) is 1.31. The predicted molar refractivity (Wildman–Crippen MR) is 103 cm³/mol. The summed E-state index contributed by atoms with van der Waals surface area (Å²) in [6.45, 7) is 6.44. The topological polar surface area (TPSA) is 68.3 Å². The van der Waals surface area contributed by atoms with Gasteiger partial charge in [0.05, 0.1) is 21.3 Å². The average molecular weight is 378 g/mol. The number of amides is 2. The Hall–Kier alpha value is -2.44. The Labute approximate surface area is 161 Å². The number of carbonyl (C=O) groups is 2. The fourth-order valence-electron chi connectivity index (χ4n) is 3.24. The molecule has 1 fully saturated rings. The third kappa shape index (κ3) is 5.05. The van der Waals surface area contributed by atoms with Gasteiger partial charge in [0, 0.05) is 38.2 Å². The summed E-state index contributed by atoms with van der Waals surface area (Å²) in [5, 5.41) is 0. The van der Waals surface area contributed by atoms with Crippen molar-refractivity contribution in [2.45, 2.75) is 26.7 Å². The average Bonchev–Trinajstić information content (AvgIpc) is 2.91. The molecule has 0 aliphatic carbocycles. The van der Waals surface area contributed by atoms with Crippen LogP contribution in [0.15, 0.2) is 12.1 Å². The van der Waals surface area contributed by atoms with Crippen molar-refractivity contribution < 1.29 is 23.8 Å². The summed E-state index contributed by atoms with van der Waals surface area (Å²) in [5.41, 5.74) is 0.478. The standard InChI is InChI=1S/C20H30N2O5/c1-14(2)11-18(23)21-7-6-8-22(10-9-21)20(24)15-12-16(25-3)19(27-5)17(13-15)26-4/h12-14H,6-11H2,1-5H3. The van der Waals surface area contributed by atoms with Gasteiger partial charge in [0.25, 0.3) is 5.91 Å². The van der Waals surface area contributed by atoms with Gasteiger partial charge in [-0.25, -0.2) is 0 Å². The Morgan fingerprint density at radius 3 is 2.00 bits per heavy atom. The summed E-state index contributed by atoms with van der Waals surface area (Å²) in [5.74, 6) is 1.74. The highest BCUT2D eigenvalue weighted by atomic mass is 16.5. The van der Waals surface area contributed by atoms with E-state index in [1.54, 1.807) is 17.0 Å². The molecule has 7 heteroatoms. The van der Waals surface area contributed by atoms with Crippen LogP contribution >= 0.6 is 0 Å². The summed E-state index contributed by atoms with van der Waals surface area (Å²) >= 11 is 0. The smallest absolute Gasteiger partial charge is 0.254 e. The molecular weight excluding hydrogens is 348 g/mol. The maximum atomic E-state index is 13.0. The molecule has 0 radical (unpaired) electrons. The molecule has 2 amide bonds. The van der Waals surface area contributed by atoms with Crippen molar-refractivity contribution in [1.82, 2.24) is 9.80 Å². The zero-order chi connectivity index (χ0) is 20.0. The third-order valence-electron chi connectivity index (χ3n) is 4.63. The molecule has 1 aromatic carbocycles. The van der Waals surface area contributed by atoms with Gasteiger partial charge in [-0.2, -0.15) is 0 Å². The van der Waals surface area contributed by atoms with E-state index in [2.05, 4.69) is 0 Å². The van der Waals surface area contributed by atoms with Gasteiger partial charge in [0.15, 0.2) is 11.5 Å². The zero-order valence-electron chi connectivity index (χ0n) is 16.9. The third-order valence-corrected chi connectivity index (χ3v) is 4.63. The molecule has 1 aliphatic rings. The molecule has 0 unspecified atom stereocenters. The number of hydrogen-bond donors (Lipinski definition) is 0. The second-order valence-electron chi connectivity index (χ2n) is 7.04. The lowest BCUT2D eigenvalue weighted by atomic mass is 10.1. The van der Waals surface area contributed by atoms with E-state index in [1.165, 1.54) is 21.3 Å². The summed E-state index contributed by atoms with van der Waals surface area (Å²) < 4.78 is 16.0. The van der Waals surface area contributed by atoms with Gasteiger partial charge in [-0.1, -0.05) is 13.8 Å². The molecule has 1 aliphatic heterocycles. The summed E-state index contributed by atoms with van der Waals surface area (Å²) in [7, 11) is 4.57. The van der Waals surface area contributed by atoms with E-state index < -0.39 is 0 Å². The molecule has 0 N–H and O–H groups in total. The van der Waals surface area contributed by atoms with Crippen LogP contribution in [-0.2, 0) is 4.79 Å². The number of hydrogen-bond acceptors (Lipinski definition) is 5. The zero-order valence-corrected chi connectivity index (χ0v) is 16.9. The Kier molecular flexibility index (Phi) is 7.33. The predicted octanol–water partition coefficient (Wildman–Crippen LogP) is 2.43. The fourth-order valence-corrected chi connectivity index (χ4v) is 3.24. The van der Waals surface area contributed by atoms with Crippen molar-refractivity contribution in [3.8, 4) is 17.2 Å². The monoisotopic (exact) mass is 378 g/mol. The van der Waals surface area contributed by atoms with Crippen LogP contribution in [0.2, 0.25) is 0 Å². The number of benzene rings is 1. The van der Waals surface area contributed by atoms with Crippen LogP contribution in [0.25, 0.3) is 0 Å². The van der Waals surface area contributed by atoms with Gasteiger partial charge in [0.2, 0.25) is 11.7 Å². The van der Waals surface area contributed by atoms with Crippen LogP contribution in [0, 0.1) is 5.92 Å². The van der Waals surface area contributed by atoms with Crippen LogP contribution in [0.3, 0.4) is 0 Å². The SMILES string of the molecule is COc1cc(C(=O)N2CCCN(C(=O)CC(C)C)CC2)cc(OC)c1OC. The minimum Gasteiger partial charge on any atom is -0.493 e. The van der Waals surface area contributed by atoms with E-state index in [1.807, 2.05) is 18.7 Å². The normalized spacial score (nSPS) is 14.7. The molecule has 2 rings (SSSR count). The van der Waals surface area contributed by atoms with Crippen LogP contribution < -0.4 is 14.2 Å². The number of ether oxygens (including phenoxy) is 3. The molecule has 0 atom stereocenters. The lowest BCUT2D eigenvalue weighted by Crippen LogP contribution is -2.37. The molecule has 0 aromatic heterocycles. The quantitative estimate of drug-likeness (QED) is 0.761. The van der Waals surface area contributed by atoms with Crippen LogP contribution in [0.5, 0.6) is 17.2 Å². The highest BCUT2D eigenvalue weighted by Crippen LogP contribution is 2.38. The van der Waals surface area contributed by atoms with Gasteiger partial charge < -0.3 is 24.0 Å². The van der Waals surface area contributed by atoms with Gasteiger partial charge >= 0.3 is 0 Å². The second kappa shape index (κ2) is 9.48. The van der Waals surface area contributed by atoms with Gasteiger partial charge in [0.1, 0.15) is 0 Å². The van der Waals surface area contributed by atoms with Gasteiger partial charge in [-0.3, -0.25) is 9.59 Å². The van der Waals surface area contributed by atoms with E-state index in [0.717, 1.165) is 6.42 Å². The number of methoxy groups -OCH3 is 3. The molecule has 7 nitrogen and oxygen atoms in total. The molecule has 1 saturated heterocycles. The van der Waals surface area contributed by atoms with E-state index in [-0.39, 0.29) is 11.8 Å². The summed E-state index contributed by atoms with van der Waals surface area (Å²) in [6, 6.07) is 3.33. The van der Waals surface area contributed by atoms with E-state index in [4.69, 9.17) is 14.2 Å². The van der Waals surface area contributed by atoms with Crippen LogP contribution in [-0.4, -0.2) is 69.1 Å². The molecule has 0 spiro atoms. The van der Waals surface area contributed by atoms with Crippen molar-refractivity contribution in [3.63, 3.8) is 0 Å². The molecule has 150 valence electrons. The minimum atomic E-state index is -0.104. The number of rotatable bonds is 6. The van der Waals surface area contributed by atoms with Crippen LogP contribution in [0.1, 0.15) is 37.0 Å². The molecule has 0 saturated carbocycles. The van der Waals surface area contributed by atoms with Crippen LogP contribution in [0.4, 0.5) is 0 Å². The first-order valence-electron chi connectivity index (χ1n) is 9.28. The van der Waals surface area contributed by atoms with E-state index in [9.17, 15) is 9.59 Å². The second-order valence-corrected chi connectivity index (χ2v) is 7.04. The summed E-state index contributed by atoms with van der Waals surface area (Å²) in [4.78, 5) is 29.0. The van der Waals surface area contributed by atoms with Gasteiger partial charge in [-0.05, 0) is 24.5 Å². The molecule has 1 heterocycles. The molecule has 1 aromatic rings. The van der Waals surface area contributed by atoms with Crippen molar-refractivity contribution in [2.24, 2.45) is 5.92 Å². The lowest BCUT2D eigenvalue weighted by molar-refractivity contribution is -0.131. The van der Waals surface area contributed by atoms with Crippen molar-refractivity contribution in [3.05, 3.63) is 17.7 Å². The molecule has 27 heavy (non-hydrogen) atoms. The maximum Gasteiger partial charge on any atom is 0.254 e. The number of carbonyl (C=O) groups excluding carboxylic acids is 2. The van der Waals surface area contributed by atoms with E-state index in [0.29, 0.717) is 61.3 Å². The van der Waals surface area contributed by atoms with E-state index >= 15 is 0 Å². The van der Waals surface area contributed by atoms with Gasteiger partial charge in [-0.15, -0.1) is 0 Å². The number of nitrogens with zero attached hydrogens (tertiary/aromatic N) is 2. The molecule has 0 bridgehead atoms. The Morgan fingerprint density at radius 1 is 0.926 bits per heavy atom. The van der Waals surface area contributed by atoms with Crippen molar-refractivity contribution >= 4 is 11.8 Å². The minimum absolute atomic E-state index is 0.104. The highest BCUT2D eigenvalue weighted by molar-refractivity contribution is 5.95. The first-order valence-corrected chi connectivity index (χ1v) is 9.28. The first kappa shape index (κ1) is 20.9. The maximum absolute atomic E-state index is 13.0. The molecular formula is C20H30N2O5. The fraction of sp³-hybridized carbons (Fsp3) is 0.600. The Balaban J connectivity index is 2.15. The largest absolute Gasteiger partial charge is 0.493 e.